The zero-order valence-corrected chi connectivity index (χ0v) is 13.6. The number of hydrogen-bond donors (Lipinski definition) is 0. The molecular weight excluding hydrogens is 304 g/mol. The first-order valence-corrected chi connectivity index (χ1v) is 9.01. The molecule has 1 saturated heterocycles. The van der Waals surface area contributed by atoms with Crippen molar-refractivity contribution in [2.45, 2.75) is 18.1 Å². The van der Waals surface area contributed by atoms with Crippen LogP contribution in [0.1, 0.15) is 13.8 Å². The first-order chi connectivity index (χ1) is 8.89. The summed E-state index contributed by atoms with van der Waals surface area (Å²) in [5.74, 6) is 0.610. The maximum Gasteiger partial charge on any atom is 0.252 e. The van der Waals surface area contributed by atoms with E-state index in [4.69, 9.17) is 11.6 Å². The van der Waals surface area contributed by atoms with Crippen molar-refractivity contribution in [2.24, 2.45) is 5.92 Å². The molecule has 0 unspecified atom stereocenters. The van der Waals surface area contributed by atoms with E-state index in [1.807, 2.05) is 0 Å². The van der Waals surface area contributed by atoms with Gasteiger partial charge in [-0.3, -0.25) is 0 Å². The van der Waals surface area contributed by atoms with Crippen molar-refractivity contribution in [3.63, 3.8) is 0 Å². The fourth-order valence-corrected chi connectivity index (χ4v) is 5.29. The second-order valence-corrected chi connectivity index (χ2v) is 9.04. The van der Waals surface area contributed by atoms with E-state index in [-0.39, 0.29) is 0 Å². The molecule has 0 aromatic carbocycles. The Bertz CT molecular complexity index is 520. The fourth-order valence-electron chi connectivity index (χ4n) is 2.23. The van der Waals surface area contributed by atoms with Crippen molar-refractivity contribution in [2.75, 3.05) is 32.7 Å². The van der Waals surface area contributed by atoms with E-state index in [9.17, 15) is 8.42 Å². The van der Waals surface area contributed by atoms with Gasteiger partial charge in [-0.1, -0.05) is 25.4 Å². The lowest BCUT2D eigenvalue weighted by molar-refractivity contribution is 0.172. The summed E-state index contributed by atoms with van der Waals surface area (Å²) >= 11 is 6.94. The lowest BCUT2D eigenvalue weighted by atomic mass is 10.2. The van der Waals surface area contributed by atoms with Gasteiger partial charge in [0.15, 0.2) is 0 Å². The Hall–Kier alpha value is -0.140. The summed E-state index contributed by atoms with van der Waals surface area (Å²) in [5.41, 5.74) is 0. The van der Waals surface area contributed by atoms with Gasteiger partial charge in [0, 0.05) is 32.7 Å². The maximum absolute atomic E-state index is 12.4. The van der Waals surface area contributed by atoms with Crippen molar-refractivity contribution in [1.82, 2.24) is 9.21 Å². The highest BCUT2D eigenvalue weighted by atomic mass is 35.5. The van der Waals surface area contributed by atoms with Crippen molar-refractivity contribution in [3.8, 4) is 0 Å². The number of sulfonamides is 1. The van der Waals surface area contributed by atoms with Crippen molar-refractivity contribution < 1.29 is 8.42 Å². The number of thiophene rings is 1. The summed E-state index contributed by atoms with van der Waals surface area (Å²) in [6.45, 7) is 8.11. The van der Waals surface area contributed by atoms with E-state index in [2.05, 4.69) is 18.7 Å². The van der Waals surface area contributed by atoms with Gasteiger partial charge in [-0.2, -0.15) is 4.31 Å². The van der Waals surface area contributed by atoms with Gasteiger partial charge in [0.25, 0.3) is 10.0 Å². The first-order valence-electron chi connectivity index (χ1n) is 6.37. The van der Waals surface area contributed by atoms with E-state index in [0.717, 1.165) is 31.0 Å². The van der Waals surface area contributed by atoms with Crippen LogP contribution in [0, 0.1) is 5.92 Å². The largest absolute Gasteiger partial charge is 0.300 e. The predicted octanol–water partition coefficient (Wildman–Crippen LogP) is 2.36. The third-order valence-corrected chi connectivity index (χ3v) is 6.69. The van der Waals surface area contributed by atoms with Crippen molar-refractivity contribution >= 4 is 33.0 Å². The van der Waals surface area contributed by atoms with Crippen molar-refractivity contribution in [3.05, 3.63) is 16.5 Å². The van der Waals surface area contributed by atoms with Crippen LogP contribution in [-0.2, 0) is 10.0 Å². The predicted molar refractivity (Wildman–Crippen MR) is 79.4 cm³/mol. The lowest BCUT2D eigenvalue weighted by Gasteiger charge is -2.34. The highest BCUT2D eigenvalue weighted by Crippen LogP contribution is 2.28. The molecule has 1 aromatic rings. The number of piperazine rings is 1. The Labute approximate surface area is 124 Å². The molecule has 0 saturated carbocycles. The molecular formula is C12H19ClN2O2S2. The third kappa shape index (κ3) is 3.70. The van der Waals surface area contributed by atoms with Crippen LogP contribution in [0.25, 0.3) is 0 Å². The van der Waals surface area contributed by atoms with Gasteiger partial charge in [0.05, 0.1) is 4.34 Å². The molecule has 0 bridgehead atoms. The fraction of sp³-hybridized carbons (Fsp3) is 0.667. The summed E-state index contributed by atoms with van der Waals surface area (Å²) in [5, 5.41) is 0. The second kappa shape index (κ2) is 6.10. The van der Waals surface area contributed by atoms with Crippen LogP contribution >= 0.6 is 22.9 Å². The summed E-state index contributed by atoms with van der Waals surface area (Å²) in [6, 6.07) is 3.22. The van der Waals surface area contributed by atoms with Gasteiger partial charge in [-0.15, -0.1) is 11.3 Å². The Balaban J connectivity index is 2.01. The molecule has 2 rings (SSSR count). The normalized spacial score (nSPS) is 19.2. The maximum atomic E-state index is 12.4. The molecule has 0 N–H and O–H groups in total. The summed E-state index contributed by atoms with van der Waals surface area (Å²) in [4.78, 5) is 2.32. The zero-order valence-electron chi connectivity index (χ0n) is 11.2. The first kappa shape index (κ1) is 15.3. The number of halogens is 1. The minimum absolute atomic E-state index is 0.342. The van der Waals surface area contributed by atoms with Crippen LogP contribution in [0.5, 0.6) is 0 Å². The molecule has 1 aromatic heterocycles. The summed E-state index contributed by atoms with van der Waals surface area (Å²) in [6.07, 6.45) is 0. The number of nitrogens with zero attached hydrogens (tertiary/aromatic N) is 2. The molecule has 1 fully saturated rings. The molecule has 7 heteroatoms. The van der Waals surface area contributed by atoms with Crippen LogP contribution in [-0.4, -0.2) is 50.3 Å². The Morgan fingerprint density at radius 2 is 1.89 bits per heavy atom. The Kier molecular flexibility index (Phi) is 4.89. The molecule has 4 nitrogen and oxygen atoms in total. The average Bonchev–Trinajstić information content (AvgIpc) is 2.76. The summed E-state index contributed by atoms with van der Waals surface area (Å²) in [7, 11) is -3.35. The van der Waals surface area contributed by atoms with Gasteiger partial charge >= 0.3 is 0 Å². The molecule has 0 spiro atoms. The molecule has 0 atom stereocenters. The van der Waals surface area contributed by atoms with Crippen LogP contribution in [0.4, 0.5) is 0 Å². The van der Waals surface area contributed by atoms with Gasteiger partial charge in [0.1, 0.15) is 4.21 Å². The zero-order chi connectivity index (χ0) is 14.0. The molecule has 0 radical (unpaired) electrons. The monoisotopic (exact) mass is 322 g/mol. The van der Waals surface area contributed by atoms with Gasteiger partial charge in [0.2, 0.25) is 0 Å². The van der Waals surface area contributed by atoms with Crippen LogP contribution in [0.15, 0.2) is 16.3 Å². The average molecular weight is 323 g/mol. The SMILES string of the molecule is CC(C)CN1CCN(S(=O)(=O)c2ccc(Cl)s2)CC1. The number of hydrogen-bond acceptors (Lipinski definition) is 4. The summed E-state index contributed by atoms with van der Waals surface area (Å²) < 4.78 is 27.2. The van der Waals surface area contributed by atoms with Crippen LogP contribution in [0.3, 0.4) is 0 Å². The topological polar surface area (TPSA) is 40.6 Å². The number of rotatable bonds is 4. The molecule has 0 aliphatic carbocycles. The van der Waals surface area contributed by atoms with E-state index in [0.29, 0.717) is 27.6 Å². The minimum Gasteiger partial charge on any atom is -0.300 e. The minimum atomic E-state index is -3.35. The standard InChI is InChI=1S/C12H19ClN2O2S2/c1-10(2)9-14-5-7-15(8-6-14)19(16,17)12-4-3-11(13)18-12/h3-4,10H,5-9H2,1-2H3. The highest BCUT2D eigenvalue weighted by Gasteiger charge is 2.29. The third-order valence-electron chi connectivity index (χ3n) is 3.10. The lowest BCUT2D eigenvalue weighted by Crippen LogP contribution is -2.49. The molecule has 1 aliphatic heterocycles. The Morgan fingerprint density at radius 1 is 1.26 bits per heavy atom. The highest BCUT2D eigenvalue weighted by molar-refractivity contribution is 7.91. The van der Waals surface area contributed by atoms with Crippen molar-refractivity contribution in [1.29, 1.82) is 0 Å². The van der Waals surface area contributed by atoms with E-state index in [1.54, 1.807) is 16.4 Å². The van der Waals surface area contributed by atoms with Crippen LogP contribution < -0.4 is 0 Å². The molecule has 1 aliphatic rings. The molecule has 2 heterocycles. The molecule has 0 amide bonds. The molecule has 19 heavy (non-hydrogen) atoms. The van der Waals surface area contributed by atoms with Gasteiger partial charge < -0.3 is 4.90 Å². The molecule has 108 valence electrons. The Morgan fingerprint density at radius 3 is 2.37 bits per heavy atom. The smallest absolute Gasteiger partial charge is 0.252 e. The van der Waals surface area contributed by atoms with Crippen LogP contribution in [0.2, 0.25) is 4.34 Å². The van der Waals surface area contributed by atoms with E-state index >= 15 is 0 Å². The van der Waals surface area contributed by atoms with E-state index < -0.39 is 10.0 Å². The van der Waals surface area contributed by atoms with Gasteiger partial charge in [-0.25, -0.2) is 8.42 Å². The second-order valence-electron chi connectivity index (χ2n) is 5.16. The quantitative estimate of drug-likeness (QED) is 0.854. The van der Waals surface area contributed by atoms with Gasteiger partial charge in [-0.05, 0) is 18.1 Å². The van der Waals surface area contributed by atoms with E-state index in [1.165, 1.54) is 0 Å².